The molecule has 1 atom stereocenters. The first-order valence-corrected chi connectivity index (χ1v) is 7.01. The minimum Gasteiger partial charge on any atom is -0.372 e. The molecular weight excluding hydrogens is 254 g/mol. The molecule has 0 saturated carbocycles. The minimum atomic E-state index is -3.60. The Kier molecular flexibility index (Phi) is 3.52. The number of hydrogen-bond acceptors (Lipinski definition) is 4. The molecule has 1 aliphatic heterocycles. The summed E-state index contributed by atoms with van der Waals surface area (Å²) in [5.41, 5.74) is 0.987. The van der Waals surface area contributed by atoms with Crippen LogP contribution < -0.4 is 0 Å². The van der Waals surface area contributed by atoms with Crippen LogP contribution in [0.15, 0.2) is 29.2 Å². The second-order valence-corrected chi connectivity index (χ2v) is 6.24. The molecular formula is C12H15NO4S. The van der Waals surface area contributed by atoms with Crippen LogP contribution in [0.4, 0.5) is 0 Å². The predicted octanol–water partition coefficient (Wildman–Crippen LogP) is 0.583. The molecule has 0 amide bonds. The van der Waals surface area contributed by atoms with Crippen LogP contribution in [0.3, 0.4) is 0 Å². The summed E-state index contributed by atoms with van der Waals surface area (Å²) in [4.78, 5) is 11.7. The quantitative estimate of drug-likeness (QED) is 0.805. The zero-order chi connectivity index (χ0) is 13.3. The molecule has 1 saturated heterocycles. The summed E-state index contributed by atoms with van der Waals surface area (Å²) in [6.07, 6.45) is -0.648. The highest BCUT2D eigenvalue weighted by Crippen LogP contribution is 2.20. The molecule has 6 heteroatoms. The molecule has 0 unspecified atom stereocenters. The van der Waals surface area contributed by atoms with Gasteiger partial charge < -0.3 is 4.74 Å². The summed E-state index contributed by atoms with van der Waals surface area (Å²) >= 11 is 0. The van der Waals surface area contributed by atoms with Crippen molar-refractivity contribution in [2.45, 2.75) is 17.9 Å². The van der Waals surface area contributed by atoms with Crippen LogP contribution in [-0.2, 0) is 19.6 Å². The smallest absolute Gasteiger partial charge is 0.243 e. The summed E-state index contributed by atoms with van der Waals surface area (Å²) in [5, 5.41) is 0. The number of methoxy groups -OCH3 is 1. The number of carbonyl (C=O) groups excluding carboxylic acids is 1. The van der Waals surface area contributed by atoms with Crippen molar-refractivity contribution in [3.63, 3.8) is 0 Å². The van der Waals surface area contributed by atoms with E-state index in [0.29, 0.717) is 0 Å². The van der Waals surface area contributed by atoms with Gasteiger partial charge in [-0.3, -0.25) is 4.79 Å². The number of carbonyl (C=O) groups is 1. The SMILES string of the molecule is CO[C@H]1CN(S(=O)(=O)c2ccc(C)cc2)CC1=O. The van der Waals surface area contributed by atoms with E-state index in [0.717, 1.165) is 9.87 Å². The minimum absolute atomic E-state index is 0.0888. The number of rotatable bonds is 3. The van der Waals surface area contributed by atoms with Crippen molar-refractivity contribution in [2.24, 2.45) is 0 Å². The van der Waals surface area contributed by atoms with Gasteiger partial charge in [0, 0.05) is 13.7 Å². The number of Topliss-reactive ketones (excluding diaryl/α,β-unsaturated/α-hetero) is 1. The van der Waals surface area contributed by atoms with E-state index in [4.69, 9.17) is 4.74 Å². The number of ketones is 1. The lowest BCUT2D eigenvalue weighted by Crippen LogP contribution is -2.30. The van der Waals surface area contributed by atoms with Crippen LogP contribution in [0.2, 0.25) is 0 Å². The van der Waals surface area contributed by atoms with Gasteiger partial charge in [-0.1, -0.05) is 17.7 Å². The van der Waals surface area contributed by atoms with Crippen LogP contribution >= 0.6 is 0 Å². The summed E-state index contributed by atoms with van der Waals surface area (Å²) in [5.74, 6) is -0.201. The molecule has 2 rings (SSSR count). The van der Waals surface area contributed by atoms with Crippen molar-refractivity contribution in [3.8, 4) is 0 Å². The van der Waals surface area contributed by atoms with Gasteiger partial charge >= 0.3 is 0 Å². The first kappa shape index (κ1) is 13.2. The number of benzene rings is 1. The van der Waals surface area contributed by atoms with Crippen molar-refractivity contribution in [1.29, 1.82) is 0 Å². The van der Waals surface area contributed by atoms with Gasteiger partial charge in [0.05, 0.1) is 11.4 Å². The van der Waals surface area contributed by atoms with Crippen LogP contribution in [0.1, 0.15) is 5.56 Å². The summed E-state index contributed by atoms with van der Waals surface area (Å²) in [7, 11) is -2.19. The third-order valence-corrected chi connectivity index (χ3v) is 4.83. The van der Waals surface area contributed by atoms with Crippen molar-refractivity contribution in [3.05, 3.63) is 29.8 Å². The number of aryl methyl sites for hydroxylation is 1. The summed E-state index contributed by atoms with van der Waals surface area (Å²) < 4.78 is 30.7. The Morgan fingerprint density at radius 1 is 1.28 bits per heavy atom. The van der Waals surface area contributed by atoms with E-state index in [9.17, 15) is 13.2 Å². The Bertz CT molecular complexity index is 550. The van der Waals surface area contributed by atoms with E-state index >= 15 is 0 Å². The maximum atomic E-state index is 12.3. The Hall–Kier alpha value is -1.24. The lowest BCUT2D eigenvalue weighted by molar-refractivity contribution is -0.124. The Morgan fingerprint density at radius 2 is 1.89 bits per heavy atom. The van der Waals surface area contributed by atoms with Crippen molar-refractivity contribution < 1.29 is 17.9 Å². The average molecular weight is 269 g/mol. The highest BCUT2D eigenvalue weighted by molar-refractivity contribution is 7.89. The molecule has 0 N–H and O–H groups in total. The van der Waals surface area contributed by atoms with Crippen LogP contribution in [0.25, 0.3) is 0 Å². The predicted molar refractivity (Wildman–Crippen MR) is 65.7 cm³/mol. The third kappa shape index (κ3) is 2.31. The van der Waals surface area contributed by atoms with Gasteiger partial charge in [-0.05, 0) is 19.1 Å². The van der Waals surface area contributed by atoms with E-state index < -0.39 is 16.1 Å². The van der Waals surface area contributed by atoms with Gasteiger partial charge in [0.25, 0.3) is 0 Å². The Labute approximate surface area is 106 Å². The average Bonchev–Trinajstić information content (AvgIpc) is 2.72. The van der Waals surface area contributed by atoms with Crippen LogP contribution in [-0.4, -0.2) is 44.8 Å². The Morgan fingerprint density at radius 3 is 2.39 bits per heavy atom. The topological polar surface area (TPSA) is 63.7 Å². The highest BCUT2D eigenvalue weighted by Gasteiger charge is 2.38. The molecule has 0 radical (unpaired) electrons. The molecule has 0 bridgehead atoms. The molecule has 1 aromatic carbocycles. The largest absolute Gasteiger partial charge is 0.372 e. The molecule has 0 aromatic heterocycles. The van der Waals surface area contributed by atoms with E-state index in [1.807, 2.05) is 6.92 Å². The van der Waals surface area contributed by atoms with E-state index in [1.54, 1.807) is 24.3 Å². The molecule has 0 spiro atoms. The number of sulfonamides is 1. The second kappa shape index (κ2) is 4.79. The van der Waals surface area contributed by atoms with Crippen LogP contribution in [0, 0.1) is 6.92 Å². The second-order valence-electron chi connectivity index (χ2n) is 4.30. The maximum Gasteiger partial charge on any atom is 0.243 e. The Balaban J connectivity index is 2.28. The lowest BCUT2D eigenvalue weighted by Gasteiger charge is -2.15. The van der Waals surface area contributed by atoms with Gasteiger partial charge in [0.15, 0.2) is 5.78 Å². The van der Waals surface area contributed by atoms with Crippen molar-refractivity contribution in [1.82, 2.24) is 4.31 Å². The normalized spacial score (nSPS) is 21.4. The molecule has 5 nitrogen and oxygen atoms in total. The summed E-state index contributed by atoms with van der Waals surface area (Å²) in [6, 6.07) is 6.57. The number of ether oxygens (including phenoxy) is 1. The lowest BCUT2D eigenvalue weighted by atomic mass is 10.2. The molecule has 98 valence electrons. The first-order chi connectivity index (χ1) is 8.45. The van der Waals surface area contributed by atoms with Gasteiger partial charge in [0.1, 0.15) is 6.10 Å². The molecule has 1 fully saturated rings. The monoisotopic (exact) mass is 269 g/mol. The fourth-order valence-electron chi connectivity index (χ4n) is 1.88. The van der Waals surface area contributed by atoms with Gasteiger partial charge in [-0.15, -0.1) is 0 Å². The molecule has 1 aliphatic rings. The first-order valence-electron chi connectivity index (χ1n) is 5.57. The van der Waals surface area contributed by atoms with E-state index in [1.165, 1.54) is 7.11 Å². The van der Waals surface area contributed by atoms with Crippen molar-refractivity contribution >= 4 is 15.8 Å². The fourth-order valence-corrected chi connectivity index (χ4v) is 3.28. The standard InChI is InChI=1S/C12H15NO4S/c1-9-3-5-10(6-4-9)18(15,16)13-7-11(14)12(8-13)17-2/h3-6,12H,7-8H2,1-2H3/t12-/m0/s1. The number of nitrogens with zero attached hydrogens (tertiary/aromatic N) is 1. The zero-order valence-electron chi connectivity index (χ0n) is 10.3. The molecule has 1 heterocycles. The summed E-state index contributed by atoms with van der Waals surface area (Å²) in [6.45, 7) is 1.86. The zero-order valence-corrected chi connectivity index (χ0v) is 11.1. The third-order valence-electron chi connectivity index (χ3n) is 3.00. The highest BCUT2D eigenvalue weighted by atomic mass is 32.2. The van der Waals surface area contributed by atoms with Gasteiger partial charge in [-0.25, -0.2) is 8.42 Å². The molecule has 18 heavy (non-hydrogen) atoms. The van der Waals surface area contributed by atoms with E-state index in [2.05, 4.69) is 0 Å². The fraction of sp³-hybridized carbons (Fsp3) is 0.417. The maximum absolute atomic E-state index is 12.3. The van der Waals surface area contributed by atoms with Gasteiger partial charge in [0.2, 0.25) is 10.0 Å². The molecule has 1 aromatic rings. The van der Waals surface area contributed by atoms with E-state index in [-0.39, 0.29) is 23.8 Å². The van der Waals surface area contributed by atoms with Crippen molar-refractivity contribution in [2.75, 3.05) is 20.2 Å². The molecule has 0 aliphatic carbocycles. The number of hydrogen-bond donors (Lipinski definition) is 0. The van der Waals surface area contributed by atoms with Gasteiger partial charge in [-0.2, -0.15) is 4.31 Å². The van der Waals surface area contributed by atoms with Crippen LogP contribution in [0.5, 0.6) is 0 Å².